The van der Waals surface area contributed by atoms with Crippen molar-refractivity contribution in [2.24, 2.45) is 0 Å². The fourth-order valence-electron chi connectivity index (χ4n) is 3.24. The van der Waals surface area contributed by atoms with Crippen LogP contribution in [0.25, 0.3) is 5.69 Å². The molecule has 3 aromatic rings. The highest BCUT2D eigenvalue weighted by molar-refractivity contribution is 6.29. The molecule has 0 amide bonds. The van der Waals surface area contributed by atoms with Gasteiger partial charge in [0, 0.05) is 31.4 Å². The number of aromatic nitrogens is 3. The maximum Gasteiger partial charge on any atom is 0.274 e. The fourth-order valence-corrected chi connectivity index (χ4v) is 3.35. The van der Waals surface area contributed by atoms with Gasteiger partial charge in [-0.3, -0.25) is 14.8 Å². The average Bonchev–Trinajstić information content (AvgIpc) is 3.00. The average molecular weight is 366 g/mol. The SMILES string of the molecule is N#Cc1ccc(-n2[nH]c3c(c2=O)CCN(Cc2ccc(Cl)nc2)C3)cc1. The van der Waals surface area contributed by atoms with Crippen molar-refractivity contribution < 1.29 is 0 Å². The van der Waals surface area contributed by atoms with Crippen molar-refractivity contribution in [1.82, 2.24) is 19.7 Å². The minimum absolute atomic E-state index is 0.0162. The predicted octanol–water partition coefficient (Wildman–Crippen LogP) is 2.64. The van der Waals surface area contributed by atoms with Crippen molar-refractivity contribution in [3.8, 4) is 11.8 Å². The third kappa shape index (κ3) is 3.15. The lowest BCUT2D eigenvalue weighted by atomic mass is 10.1. The van der Waals surface area contributed by atoms with Crippen molar-refractivity contribution in [2.75, 3.05) is 6.54 Å². The number of benzene rings is 1. The van der Waals surface area contributed by atoms with Gasteiger partial charge in [0.2, 0.25) is 0 Å². The number of fused-ring (bicyclic) bond motifs is 1. The molecule has 2 aromatic heterocycles. The molecular formula is C19H16ClN5O. The van der Waals surface area contributed by atoms with Crippen LogP contribution < -0.4 is 5.56 Å². The smallest absolute Gasteiger partial charge is 0.274 e. The second kappa shape index (κ2) is 6.79. The largest absolute Gasteiger partial charge is 0.293 e. The topological polar surface area (TPSA) is 77.7 Å². The van der Waals surface area contributed by atoms with E-state index in [0.717, 1.165) is 35.6 Å². The van der Waals surface area contributed by atoms with Gasteiger partial charge in [-0.1, -0.05) is 17.7 Å². The van der Waals surface area contributed by atoms with Crippen LogP contribution in [0.15, 0.2) is 47.4 Å². The fraction of sp³-hybridized carbons (Fsp3) is 0.211. The van der Waals surface area contributed by atoms with Gasteiger partial charge in [-0.25, -0.2) is 9.67 Å². The van der Waals surface area contributed by atoms with Crippen molar-refractivity contribution in [1.29, 1.82) is 5.26 Å². The Hall–Kier alpha value is -2.88. The minimum Gasteiger partial charge on any atom is -0.293 e. The molecule has 7 heteroatoms. The molecule has 6 nitrogen and oxygen atoms in total. The molecule has 4 rings (SSSR count). The Morgan fingerprint density at radius 3 is 2.73 bits per heavy atom. The van der Waals surface area contributed by atoms with Crippen LogP contribution in [0.2, 0.25) is 5.15 Å². The number of aromatic amines is 1. The van der Waals surface area contributed by atoms with E-state index in [1.165, 1.54) is 0 Å². The van der Waals surface area contributed by atoms with Gasteiger partial charge in [0.05, 0.1) is 23.0 Å². The second-order valence-corrected chi connectivity index (χ2v) is 6.71. The minimum atomic E-state index is -0.0162. The molecule has 1 N–H and O–H groups in total. The predicted molar refractivity (Wildman–Crippen MR) is 98.2 cm³/mol. The van der Waals surface area contributed by atoms with E-state index in [2.05, 4.69) is 21.1 Å². The molecular weight excluding hydrogens is 350 g/mol. The Kier molecular flexibility index (Phi) is 4.33. The standard InChI is InChI=1S/C19H16ClN5O/c20-18-6-3-14(10-22-18)11-24-8-7-16-17(12-24)23-25(19(16)26)15-4-1-13(9-21)2-5-15/h1-6,10,23H,7-8,11-12H2. The monoisotopic (exact) mass is 365 g/mol. The van der Waals surface area contributed by atoms with Gasteiger partial charge in [0.1, 0.15) is 5.15 Å². The van der Waals surface area contributed by atoms with Crippen LogP contribution in [-0.2, 0) is 19.5 Å². The lowest BCUT2D eigenvalue weighted by Gasteiger charge is -2.25. The van der Waals surface area contributed by atoms with Gasteiger partial charge in [-0.2, -0.15) is 5.26 Å². The number of hydrogen-bond donors (Lipinski definition) is 1. The van der Waals surface area contributed by atoms with E-state index in [9.17, 15) is 4.79 Å². The van der Waals surface area contributed by atoms with Gasteiger partial charge >= 0.3 is 0 Å². The summed E-state index contributed by atoms with van der Waals surface area (Å²) in [7, 11) is 0. The first-order valence-electron chi connectivity index (χ1n) is 8.30. The molecule has 0 saturated carbocycles. The van der Waals surface area contributed by atoms with Crippen LogP contribution in [0, 0.1) is 11.3 Å². The lowest BCUT2D eigenvalue weighted by molar-refractivity contribution is 0.242. The Labute approximate surface area is 155 Å². The molecule has 1 aliphatic rings. The van der Waals surface area contributed by atoms with Gasteiger partial charge in [0.15, 0.2) is 0 Å². The molecule has 0 spiro atoms. The van der Waals surface area contributed by atoms with Crippen molar-refractivity contribution >= 4 is 11.6 Å². The Morgan fingerprint density at radius 1 is 1.23 bits per heavy atom. The van der Waals surface area contributed by atoms with Gasteiger partial charge in [-0.05, 0) is 42.3 Å². The van der Waals surface area contributed by atoms with Crippen LogP contribution in [0.3, 0.4) is 0 Å². The van der Waals surface area contributed by atoms with Crippen LogP contribution >= 0.6 is 11.6 Å². The molecule has 0 aliphatic carbocycles. The molecule has 0 fully saturated rings. The molecule has 0 unspecified atom stereocenters. The van der Waals surface area contributed by atoms with E-state index in [4.69, 9.17) is 16.9 Å². The summed E-state index contributed by atoms with van der Waals surface area (Å²) in [6.07, 6.45) is 2.48. The molecule has 0 saturated heterocycles. The summed E-state index contributed by atoms with van der Waals surface area (Å²) >= 11 is 5.83. The molecule has 0 radical (unpaired) electrons. The van der Waals surface area contributed by atoms with E-state index in [1.54, 1.807) is 41.2 Å². The van der Waals surface area contributed by atoms with Gasteiger partial charge in [-0.15, -0.1) is 0 Å². The molecule has 3 heterocycles. The highest BCUT2D eigenvalue weighted by Gasteiger charge is 2.23. The summed E-state index contributed by atoms with van der Waals surface area (Å²) in [6.45, 7) is 2.25. The van der Waals surface area contributed by atoms with E-state index in [1.807, 2.05) is 6.07 Å². The van der Waals surface area contributed by atoms with Crippen LogP contribution in [-0.4, -0.2) is 26.2 Å². The molecule has 1 aliphatic heterocycles. The third-order valence-electron chi connectivity index (χ3n) is 4.58. The Morgan fingerprint density at radius 2 is 2.04 bits per heavy atom. The summed E-state index contributed by atoms with van der Waals surface area (Å²) in [4.78, 5) is 19.1. The van der Waals surface area contributed by atoms with E-state index in [-0.39, 0.29) is 5.56 Å². The highest BCUT2D eigenvalue weighted by atomic mass is 35.5. The second-order valence-electron chi connectivity index (χ2n) is 6.32. The summed E-state index contributed by atoms with van der Waals surface area (Å²) in [5, 5.41) is 12.6. The highest BCUT2D eigenvalue weighted by Crippen LogP contribution is 2.18. The molecule has 26 heavy (non-hydrogen) atoms. The maximum absolute atomic E-state index is 12.7. The summed E-state index contributed by atoms with van der Waals surface area (Å²) < 4.78 is 1.55. The number of H-pyrrole nitrogens is 1. The number of nitriles is 1. The first kappa shape index (κ1) is 16.6. The summed E-state index contributed by atoms with van der Waals surface area (Å²) in [5.41, 5.74) is 4.15. The zero-order chi connectivity index (χ0) is 18.1. The lowest BCUT2D eigenvalue weighted by Crippen LogP contribution is -2.31. The van der Waals surface area contributed by atoms with Gasteiger partial charge < -0.3 is 0 Å². The Bertz CT molecular complexity index is 1030. The zero-order valence-corrected chi connectivity index (χ0v) is 14.7. The Balaban J connectivity index is 1.57. The van der Waals surface area contributed by atoms with Crippen molar-refractivity contribution in [3.63, 3.8) is 0 Å². The number of rotatable bonds is 3. The molecule has 0 atom stereocenters. The first-order valence-corrected chi connectivity index (χ1v) is 8.68. The van der Waals surface area contributed by atoms with Crippen LogP contribution in [0.4, 0.5) is 0 Å². The van der Waals surface area contributed by atoms with E-state index >= 15 is 0 Å². The van der Waals surface area contributed by atoms with Crippen LogP contribution in [0.5, 0.6) is 0 Å². The first-order chi connectivity index (χ1) is 12.6. The van der Waals surface area contributed by atoms with Crippen molar-refractivity contribution in [2.45, 2.75) is 19.5 Å². The van der Waals surface area contributed by atoms with Crippen molar-refractivity contribution in [3.05, 3.63) is 80.5 Å². The number of nitrogens with one attached hydrogen (secondary N) is 1. The number of hydrogen-bond acceptors (Lipinski definition) is 4. The summed E-state index contributed by atoms with van der Waals surface area (Å²) in [6, 6.07) is 12.8. The molecule has 1 aromatic carbocycles. The molecule has 130 valence electrons. The summed E-state index contributed by atoms with van der Waals surface area (Å²) in [5.74, 6) is 0. The van der Waals surface area contributed by atoms with E-state index in [0.29, 0.717) is 23.7 Å². The number of pyridine rings is 1. The number of halogens is 1. The van der Waals surface area contributed by atoms with Crippen LogP contribution in [0.1, 0.15) is 22.4 Å². The van der Waals surface area contributed by atoms with Gasteiger partial charge in [0.25, 0.3) is 5.56 Å². The third-order valence-corrected chi connectivity index (χ3v) is 4.81. The van der Waals surface area contributed by atoms with E-state index < -0.39 is 0 Å². The molecule has 0 bridgehead atoms. The quantitative estimate of drug-likeness (QED) is 0.724. The zero-order valence-electron chi connectivity index (χ0n) is 13.9. The number of nitrogens with zero attached hydrogens (tertiary/aromatic N) is 4. The normalized spacial score (nSPS) is 14.0. The maximum atomic E-state index is 12.7.